The predicted octanol–water partition coefficient (Wildman–Crippen LogP) is 3.77. The summed E-state index contributed by atoms with van der Waals surface area (Å²) >= 11 is 0. The van der Waals surface area contributed by atoms with Crippen LogP contribution in [0, 0.1) is 5.82 Å². The fourth-order valence-corrected chi connectivity index (χ4v) is 5.22. The predicted molar refractivity (Wildman–Crippen MR) is 136 cm³/mol. The van der Waals surface area contributed by atoms with E-state index in [1.54, 1.807) is 32.0 Å². The summed E-state index contributed by atoms with van der Waals surface area (Å²) in [6.45, 7) is 6.35. The second-order valence-corrected chi connectivity index (χ2v) is 10.9. The highest BCUT2D eigenvalue weighted by atomic mass is 32.2. The van der Waals surface area contributed by atoms with E-state index in [4.69, 9.17) is 13.9 Å². The summed E-state index contributed by atoms with van der Waals surface area (Å²) in [4.78, 5) is 6.88. The van der Waals surface area contributed by atoms with Crippen molar-refractivity contribution in [2.45, 2.75) is 44.2 Å². The van der Waals surface area contributed by atoms with Crippen LogP contribution in [-0.4, -0.2) is 64.1 Å². The molecule has 1 aliphatic rings. The van der Waals surface area contributed by atoms with Gasteiger partial charge < -0.3 is 24.1 Å². The molecule has 0 aliphatic carbocycles. The lowest BCUT2D eigenvalue weighted by Gasteiger charge is -2.33. The summed E-state index contributed by atoms with van der Waals surface area (Å²) in [6, 6.07) is 8.54. The summed E-state index contributed by atoms with van der Waals surface area (Å²) in [6.07, 6.45) is 1.74. The summed E-state index contributed by atoms with van der Waals surface area (Å²) in [5, 5.41) is 3.37. The quantitative estimate of drug-likeness (QED) is 0.432. The SMILES string of the molecule is CCOc1cc(CN(c2nc3cc(S(=O)(=O)N(C)C)ccc3o2)C2CCNCC2)cc(OCC)c1F. The number of ether oxygens (including phenoxy) is 2. The molecule has 36 heavy (non-hydrogen) atoms. The van der Waals surface area contributed by atoms with Gasteiger partial charge in [-0.3, -0.25) is 0 Å². The topological polar surface area (TPSA) is 97.1 Å². The first-order chi connectivity index (χ1) is 17.2. The maximum atomic E-state index is 14.8. The summed E-state index contributed by atoms with van der Waals surface area (Å²) < 4.78 is 58.3. The lowest BCUT2D eigenvalue weighted by Crippen LogP contribution is -2.43. The third-order valence-corrected chi connectivity index (χ3v) is 7.95. The van der Waals surface area contributed by atoms with Crippen LogP contribution in [0.3, 0.4) is 0 Å². The second-order valence-electron chi connectivity index (χ2n) is 8.79. The molecule has 2 aromatic carbocycles. The third kappa shape index (κ3) is 5.42. The highest BCUT2D eigenvalue weighted by Crippen LogP contribution is 2.33. The van der Waals surface area contributed by atoms with Crippen molar-refractivity contribution in [2.75, 3.05) is 45.3 Å². The number of hydrogen-bond acceptors (Lipinski definition) is 8. The van der Waals surface area contributed by atoms with Crippen molar-refractivity contribution in [3.63, 3.8) is 0 Å². The van der Waals surface area contributed by atoms with E-state index >= 15 is 0 Å². The Kier molecular flexibility index (Phi) is 8.01. The van der Waals surface area contributed by atoms with E-state index in [-0.39, 0.29) is 22.4 Å². The van der Waals surface area contributed by atoms with Gasteiger partial charge in [-0.25, -0.2) is 12.7 Å². The Balaban J connectivity index is 1.74. The molecule has 1 saturated heterocycles. The molecule has 196 valence electrons. The minimum atomic E-state index is -3.61. The number of aromatic nitrogens is 1. The van der Waals surface area contributed by atoms with Crippen molar-refractivity contribution in [1.29, 1.82) is 0 Å². The molecule has 0 atom stereocenters. The van der Waals surface area contributed by atoms with Crippen LogP contribution in [0.4, 0.5) is 10.4 Å². The molecule has 0 saturated carbocycles. The van der Waals surface area contributed by atoms with E-state index in [0.29, 0.717) is 36.9 Å². The van der Waals surface area contributed by atoms with Crippen molar-refractivity contribution in [3.05, 3.63) is 41.7 Å². The average Bonchev–Trinajstić information content (AvgIpc) is 3.29. The van der Waals surface area contributed by atoms with E-state index in [2.05, 4.69) is 15.2 Å². The minimum absolute atomic E-state index is 0.125. The van der Waals surface area contributed by atoms with Crippen LogP contribution in [0.15, 0.2) is 39.6 Å². The Morgan fingerprint density at radius 1 is 1.08 bits per heavy atom. The van der Waals surface area contributed by atoms with Gasteiger partial charge in [0.25, 0.3) is 6.01 Å². The van der Waals surface area contributed by atoms with Crippen LogP contribution in [0.5, 0.6) is 11.5 Å². The van der Waals surface area contributed by atoms with Gasteiger partial charge in [-0.05, 0) is 75.7 Å². The molecule has 0 radical (unpaired) electrons. The standard InChI is InChI=1S/C25H33FN4O5S/c1-5-33-22-13-17(14-23(24(22)26)34-6-2)16-30(18-9-11-27-12-10-18)25-28-20-15-19(7-8-21(20)35-25)36(31,32)29(3)4/h7-8,13-15,18,27H,5-6,9-12,16H2,1-4H3. The Bertz CT molecular complexity index is 1280. The fourth-order valence-electron chi connectivity index (χ4n) is 4.30. The molecule has 9 nitrogen and oxygen atoms in total. The van der Waals surface area contributed by atoms with E-state index < -0.39 is 15.8 Å². The van der Waals surface area contributed by atoms with Gasteiger partial charge in [-0.15, -0.1) is 0 Å². The first-order valence-electron chi connectivity index (χ1n) is 12.1. The molecule has 1 aliphatic heterocycles. The van der Waals surface area contributed by atoms with Gasteiger partial charge in [0, 0.05) is 26.7 Å². The number of fused-ring (bicyclic) bond motifs is 1. The van der Waals surface area contributed by atoms with Crippen molar-refractivity contribution in [2.24, 2.45) is 0 Å². The maximum absolute atomic E-state index is 14.8. The molecule has 0 amide bonds. The normalized spacial score (nSPS) is 14.9. The molecule has 0 bridgehead atoms. The van der Waals surface area contributed by atoms with E-state index in [9.17, 15) is 12.8 Å². The van der Waals surface area contributed by atoms with Crippen molar-refractivity contribution in [3.8, 4) is 11.5 Å². The Morgan fingerprint density at radius 3 is 2.31 bits per heavy atom. The molecule has 1 N–H and O–H groups in total. The minimum Gasteiger partial charge on any atom is -0.491 e. The van der Waals surface area contributed by atoms with Gasteiger partial charge in [0.15, 0.2) is 17.1 Å². The largest absolute Gasteiger partial charge is 0.491 e. The van der Waals surface area contributed by atoms with E-state index in [1.807, 2.05) is 0 Å². The summed E-state index contributed by atoms with van der Waals surface area (Å²) in [5.74, 6) is -0.244. The number of oxazole rings is 1. The smallest absolute Gasteiger partial charge is 0.298 e. The average molecular weight is 521 g/mol. The molecule has 1 aromatic heterocycles. The summed E-state index contributed by atoms with van der Waals surface area (Å²) in [5.41, 5.74) is 1.74. The number of rotatable bonds is 10. The number of halogens is 1. The lowest BCUT2D eigenvalue weighted by atomic mass is 10.0. The number of nitrogens with zero attached hydrogens (tertiary/aromatic N) is 3. The Morgan fingerprint density at radius 2 is 1.72 bits per heavy atom. The van der Waals surface area contributed by atoms with Crippen molar-refractivity contribution in [1.82, 2.24) is 14.6 Å². The van der Waals surface area contributed by atoms with Crippen LogP contribution in [0.25, 0.3) is 11.1 Å². The molecule has 4 rings (SSSR count). The van der Waals surface area contributed by atoms with Gasteiger partial charge in [0.1, 0.15) is 5.52 Å². The number of sulfonamides is 1. The highest BCUT2D eigenvalue weighted by Gasteiger charge is 2.27. The monoisotopic (exact) mass is 520 g/mol. The van der Waals surface area contributed by atoms with Crippen molar-refractivity contribution < 1.29 is 26.7 Å². The zero-order chi connectivity index (χ0) is 25.9. The van der Waals surface area contributed by atoms with Gasteiger partial charge in [0.05, 0.1) is 18.1 Å². The van der Waals surface area contributed by atoms with Crippen LogP contribution in [0.1, 0.15) is 32.3 Å². The zero-order valence-corrected chi connectivity index (χ0v) is 21.9. The molecule has 11 heteroatoms. The highest BCUT2D eigenvalue weighted by molar-refractivity contribution is 7.89. The van der Waals surface area contributed by atoms with Crippen molar-refractivity contribution >= 4 is 27.1 Å². The molecular formula is C25H33FN4O5S. The number of nitrogens with one attached hydrogen (secondary N) is 1. The number of piperidine rings is 1. The first-order valence-corrected chi connectivity index (χ1v) is 13.6. The lowest BCUT2D eigenvalue weighted by molar-refractivity contribution is 0.291. The van der Waals surface area contributed by atoms with Gasteiger partial charge in [-0.1, -0.05) is 0 Å². The molecule has 1 fully saturated rings. The van der Waals surface area contributed by atoms with Gasteiger partial charge in [-0.2, -0.15) is 9.37 Å². The number of benzene rings is 2. The number of anilines is 1. The number of hydrogen-bond donors (Lipinski definition) is 1. The third-order valence-electron chi connectivity index (χ3n) is 6.14. The van der Waals surface area contributed by atoms with Gasteiger partial charge in [0.2, 0.25) is 15.8 Å². The van der Waals surface area contributed by atoms with Crippen LogP contribution < -0.4 is 19.7 Å². The second kappa shape index (κ2) is 11.0. The Labute approximate surface area is 211 Å². The fraction of sp³-hybridized carbons (Fsp3) is 0.480. The molecule has 2 heterocycles. The van der Waals surface area contributed by atoms with Crippen LogP contribution >= 0.6 is 0 Å². The van der Waals surface area contributed by atoms with E-state index in [1.165, 1.54) is 26.2 Å². The molecule has 3 aromatic rings. The van der Waals surface area contributed by atoms with Gasteiger partial charge >= 0.3 is 0 Å². The molecular weight excluding hydrogens is 487 g/mol. The van der Waals surface area contributed by atoms with Crippen LogP contribution in [0.2, 0.25) is 0 Å². The molecule has 0 spiro atoms. The van der Waals surface area contributed by atoms with E-state index in [0.717, 1.165) is 35.8 Å². The van der Waals surface area contributed by atoms with Crippen LogP contribution in [-0.2, 0) is 16.6 Å². The maximum Gasteiger partial charge on any atom is 0.298 e. The Hall–Kier alpha value is -2.89. The zero-order valence-electron chi connectivity index (χ0n) is 21.1. The first kappa shape index (κ1) is 26.2. The molecule has 0 unspecified atom stereocenters. The summed E-state index contributed by atoms with van der Waals surface area (Å²) in [7, 11) is -0.630.